The zero-order chi connectivity index (χ0) is 19.4. The van der Waals surface area contributed by atoms with Gasteiger partial charge in [-0.1, -0.05) is 0 Å². The van der Waals surface area contributed by atoms with Gasteiger partial charge in [0.1, 0.15) is 11.6 Å². The van der Waals surface area contributed by atoms with Crippen LogP contribution in [-0.4, -0.2) is 34.9 Å². The maximum atomic E-state index is 12.3. The van der Waals surface area contributed by atoms with E-state index < -0.39 is 12.0 Å². The number of imidazole rings is 1. The number of carbonyl (C=O) groups excluding carboxylic acids is 3. The molecule has 9 heteroatoms. The number of nitrogens with one attached hydrogen (secondary N) is 3. The molecule has 0 unspecified atom stereocenters. The Morgan fingerprint density at radius 3 is 2.96 bits per heavy atom. The number of Topliss-reactive ketones (excluding diaryl/α,β-unsaturated/α-hetero) is 1. The molecule has 0 fully saturated rings. The van der Waals surface area contributed by atoms with Crippen LogP contribution >= 0.6 is 0 Å². The number of rotatable bonds is 1. The summed E-state index contributed by atoms with van der Waals surface area (Å²) in [5.74, 6) is 0.0464. The fourth-order valence-electron chi connectivity index (χ4n) is 2.90. The number of amides is 2. The molecule has 0 radical (unpaired) electrons. The largest absolute Gasteiger partial charge is 0.453 e. The third-order valence-electron chi connectivity index (χ3n) is 4.28. The van der Waals surface area contributed by atoms with Crippen LogP contribution in [0.2, 0.25) is 0 Å². The number of aromatic nitrogens is 2. The molecule has 1 aliphatic heterocycles. The Kier molecular flexibility index (Phi) is 5.51. The van der Waals surface area contributed by atoms with Crippen LogP contribution in [0.1, 0.15) is 37.5 Å². The Morgan fingerprint density at radius 2 is 2.19 bits per heavy atom. The molecule has 0 aliphatic carbocycles. The molecule has 2 aromatic rings. The predicted octanol–water partition coefficient (Wildman–Crippen LogP) is 2.34. The third kappa shape index (κ3) is 4.50. The van der Waals surface area contributed by atoms with E-state index in [0.29, 0.717) is 41.3 Å². The van der Waals surface area contributed by atoms with Crippen LogP contribution in [-0.2, 0) is 14.3 Å². The van der Waals surface area contributed by atoms with Crippen molar-refractivity contribution in [2.75, 3.05) is 17.7 Å². The first-order valence-electron chi connectivity index (χ1n) is 8.58. The van der Waals surface area contributed by atoms with Crippen molar-refractivity contribution in [2.24, 2.45) is 5.73 Å². The van der Waals surface area contributed by atoms with Gasteiger partial charge in [-0.2, -0.15) is 0 Å². The Hall–Kier alpha value is -3.20. The van der Waals surface area contributed by atoms with Crippen molar-refractivity contribution in [2.45, 2.75) is 31.7 Å². The second-order valence-corrected chi connectivity index (χ2v) is 6.31. The Labute approximate surface area is 155 Å². The number of methoxy groups -OCH3 is 1. The van der Waals surface area contributed by atoms with E-state index in [-0.39, 0.29) is 24.7 Å². The minimum Gasteiger partial charge on any atom is -0.453 e. The quantitative estimate of drug-likeness (QED) is 0.567. The Morgan fingerprint density at radius 1 is 1.37 bits per heavy atom. The van der Waals surface area contributed by atoms with Crippen molar-refractivity contribution < 1.29 is 19.1 Å². The second-order valence-electron chi connectivity index (χ2n) is 6.31. The van der Waals surface area contributed by atoms with Crippen LogP contribution < -0.4 is 16.4 Å². The number of hydrogen-bond acceptors (Lipinski definition) is 6. The number of ketones is 1. The molecule has 1 aromatic carbocycles. The van der Waals surface area contributed by atoms with Crippen molar-refractivity contribution in [3.8, 4) is 11.3 Å². The molecule has 3 rings (SSSR count). The maximum absolute atomic E-state index is 12.3. The van der Waals surface area contributed by atoms with Crippen LogP contribution in [0.15, 0.2) is 24.4 Å². The van der Waals surface area contributed by atoms with Gasteiger partial charge in [-0.05, 0) is 31.0 Å². The summed E-state index contributed by atoms with van der Waals surface area (Å²) in [6, 6.07) is 4.65. The number of nitrogens with two attached hydrogens (primary N) is 1. The highest BCUT2D eigenvalue weighted by atomic mass is 16.5. The Bertz CT molecular complexity index is 876. The minimum atomic E-state index is -0.630. The number of hydrogen-bond donors (Lipinski definition) is 4. The van der Waals surface area contributed by atoms with Gasteiger partial charge in [0.2, 0.25) is 5.91 Å². The standard InChI is InChI=1S/C18H21N5O4/c1-27-18(26)21-10-5-6-12-14(7-10)22-16(25)8-11(24)3-2-4-13(19)17-20-9-15(12)23-17/h5-7,9,13H,2-4,8,19H2,1H3,(H,20,23)(H,21,26)(H,22,25)/t13-/m0/s1. The highest BCUT2D eigenvalue weighted by Crippen LogP contribution is 2.31. The van der Waals surface area contributed by atoms with Crippen LogP contribution in [0.3, 0.4) is 0 Å². The molecule has 1 aliphatic rings. The van der Waals surface area contributed by atoms with Gasteiger partial charge >= 0.3 is 6.09 Å². The maximum Gasteiger partial charge on any atom is 0.411 e. The van der Waals surface area contributed by atoms with E-state index >= 15 is 0 Å². The Balaban J connectivity index is 2.00. The van der Waals surface area contributed by atoms with Gasteiger partial charge in [0.25, 0.3) is 0 Å². The molecular weight excluding hydrogens is 350 g/mol. The molecule has 142 valence electrons. The lowest BCUT2D eigenvalue weighted by atomic mass is 10.1. The smallest absolute Gasteiger partial charge is 0.411 e. The summed E-state index contributed by atoms with van der Waals surface area (Å²) in [4.78, 5) is 43.3. The van der Waals surface area contributed by atoms with Crippen LogP contribution in [0.4, 0.5) is 16.2 Å². The third-order valence-corrected chi connectivity index (χ3v) is 4.28. The normalized spacial score (nSPS) is 17.6. The van der Waals surface area contributed by atoms with Crippen molar-refractivity contribution in [3.63, 3.8) is 0 Å². The summed E-state index contributed by atoms with van der Waals surface area (Å²) in [5, 5.41) is 5.28. The molecule has 2 bridgehead atoms. The van der Waals surface area contributed by atoms with Crippen molar-refractivity contribution in [3.05, 3.63) is 30.2 Å². The molecule has 0 saturated carbocycles. The number of H-pyrrole nitrogens is 1. The summed E-state index contributed by atoms with van der Waals surface area (Å²) in [6.07, 6.45) is 2.33. The summed E-state index contributed by atoms with van der Waals surface area (Å²) in [7, 11) is 1.26. The van der Waals surface area contributed by atoms with E-state index in [1.54, 1.807) is 24.4 Å². The van der Waals surface area contributed by atoms with E-state index in [0.717, 1.165) is 0 Å². The SMILES string of the molecule is COC(=O)Nc1ccc2c(c1)NC(=O)CC(=O)CCC[C@H](N)c1nc-2c[nH]1. The highest BCUT2D eigenvalue weighted by molar-refractivity contribution is 6.06. The molecule has 2 heterocycles. The van der Waals surface area contributed by atoms with Gasteiger partial charge in [-0.25, -0.2) is 9.78 Å². The molecule has 27 heavy (non-hydrogen) atoms. The summed E-state index contributed by atoms with van der Waals surface area (Å²) < 4.78 is 4.58. The lowest BCUT2D eigenvalue weighted by Crippen LogP contribution is -2.18. The molecule has 1 aromatic heterocycles. The van der Waals surface area contributed by atoms with Gasteiger partial charge in [-0.15, -0.1) is 0 Å². The van der Waals surface area contributed by atoms with E-state index in [2.05, 4.69) is 25.3 Å². The zero-order valence-corrected chi connectivity index (χ0v) is 14.9. The topological polar surface area (TPSA) is 139 Å². The lowest BCUT2D eigenvalue weighted by molar-refractivity contribution is -0.125. The van der Waals surface area contributed by atoms with E-state index in [1.165, 1.54) is 7.11 Å². The lowest BCUT2D eigenvalue weighted by Gasteiger charge is -2.12. The number of fused-ring (bicyclic) bond motifs is 4. The number of ether oxygens (including phenoxy) is 1. The first kappa shape index (κ1) is 18.6. The van der Waals surface area contributed by atoms with Crippen molar-refractivity contribution >= 4 is 29.2 Å². The number of aromatic amines is 1. The zero-order valence-electron chi connectivity index (χ0n) is 14.9. The molecule has 0 saturated heterocycles. The molecule has 0 spiro atoms. The first-order chi connectivity index (χ1) is 13.0. The van der Waals surface area contributed by atoms with Crippen LogP contribution in [0.25, 0.3) is 11.3 Å². The predicted molar refractivity (Wildman–Crippen MR) is 99.1 cm³/mol. The van der Waals surface area contributed by atoms with Gasteiger partial charge in [0, 0.05) is 23.9 Å². The molecule has 1 atom stereocenters. The van der Waals surface area contributed by atoms with Gasteiger partial charge in [0.15, 0.2) is 0 Å². The van der Waals surface area contributed by atoms with Gasteiger partial charge < -0.3 is 20.8 Å². The van der Waals surface area contributed by atoms with Gasteiger partial charge in [0.05, 0.1) is 31.0 Å². The van der Waals surface area contributed by atoms with Crippen LogP contribution in [0, 0.1) is 0 Å². The molecule has 9 nitrogen and oxygen atoms in total. The van der Waals surface area contributed by atoms with E-state index in [1.807, 2.05) is 0 Å². The number of anilines is 2. The van der Waals surface area contributed by atoms with E-state index in [4.69, 9.17) is 5.73 Å². The fraction of sp³-hybridized carbons (Fsp3) is 0.333. The van der Waals surface area contributed by atoms with E-state index in [9.17, 15) is 14.4 Å². The number of nitrogens with zero attached hydrogens (tertiary/aromatic N) is 1. The molecule has 2 amide bonds. The highest BCUT2D eigenvalue weighted by Gasteiger charge is 2.19. The summed E-state index contributed by atoms with van der Waals surface area (Å²) in [6.45, 7) is 0. The summed E-state index contributed by atoms with van der Waals surface area (Å²) >= 11 is 0. The van der Waals surface area contributed by atoms with Crippen molar-refractivity contribution in [1.82, 2.24) is 9.97 Å². The minimum absolute atomic E-state index is 0.149. The van der Waals surface area contributed by atoms with Crippen LogP contribution in [0.5, 0.6) is 0 Å². The first-order valence-corrected chi connectivity index (χ1v) is 8.58. The monoisotopic (exact) mass is 371 g/mol. The fourth-order valence-corrected chi connectivity index (χ4v) is 2.90. The van der Waals surface area contributed by atoms with Crippen molar-refractivity contribution in [1.29, 1.82) is 0 Å². The molecular formula is C18H21N5O4. The number of carbonyl (C=O) groups is 3. The van der Waals surface area contributed by atoms with Gasteiger partial charge in [-0.3, -0.25) is 14.9 Å². The second kappa shape index (κ2) is 8.00. The number of benzene rings is 1. The summed E-state index contributed by atoms with van der Waals surface area (Å²) in [5.41, 5.74) is 8.24. The average molecular weight is 371 g/mol. The average Bonchev–Trinajstić information content (AvgIpc) is 3.11. The molecule has 5 N–H and O–H groups in total.